The van der Waals surface area contributed by atoms with Crippen molar-refractivity contribution < 1.29 is 19.1 Å². The van der Waals surface area contributed by atoms with Gasteiger partial charge in [0.25, 0.3) is 0 Å². The van der Waals surface area contributed by atoms with Gasteiger partial charge in [-0.25, -0.2) is 14.8 Å². The second kappa shape index (κ2) is 18.4. The van der Waals surface area contributed by atoms with Crippen LogP contribution in [0.4, 0.5) is 4.79 Å². The molecule has 2 aromatic heterocycles. The maximum atomic E-state index is 13.8. The van der Waals surface area contributed by atoms with Crippen LogP contribution in [0.5, 0.6) is 0 Å². The van der Waals surface area contributed by atoms with E-state index in [9.17, 15) is 14.4 Å². The average Bonchev–Trinajstić information content (AvgIpc) is 3.89. The number of rotatable bonds is 16. The fourth-order valence-corrected chi connectivity index (χ4v) is 6.88. The van der Waals surface area contributed by atoms with E-state index in [0.717, 1.165) is 68.6 Å². The molecule has 0 spiro atoms. The van der Waals surface area contributed by atoms with Crippen molar-refractivity contribution in [3.8, 4) is 33.6 Å². The van der Waals surface area contributed by atoms with Crippen LogP contribution in [0.25, 0.3) is 44.4 Å². The molecule has 0 saturated heterocycles. The van der Waals surface area contributed by atoms with Crippen molar-refractivity contribution in [2.24, 2.45) is 0 Å². The van der Waals surface area contributed by atoms with Gasteiger partial charge in [0.1, 0.15) is 24.2 Å². The summed E-state index contributed by atoms with van der Waals surface area (Å²) in [5, 5.41) is 4.66. The van der Waals surface area contributed by atoms with E-state index in [-0.39, 0.29) is 24.4 Å². The summed E-state index contributed by atoms with van der Waals surface area (Å²) in [7, 11) is 5.14. The topological polar surface area (TPSA) is 140 Å². The molecule has 56 heavy (non-hydrogen) atoms. The first-order chi connectivity index (χ1) is 27.2. The van der Waals surface area contributed by atoms with Crippen molar-refractivity contribution in [2.75, 3.05) is 40.8 Å². The number of carbonyl (C=O) groups excluding carboxylic acids is 3. The molecule has 3 N–H and O–H groups in total. The Morgan fingerprint density at radius 3 is 1.84 bits per heavy atom. The molecule has 6 aromatic rings. The van der Waals surface area contributed by atoms with E-state index >= 15 is 0 Å². The lowest BCUT2D eigenvalue weighted by molar-refractivity contribution is -0.137. The number of hydrogen-bond acceptors (Lipinski definition) is 7. The minimum Gasteiger partial charge on any atom is -0.453 e. The van der Waals surface area contributed by atoms with E-state index in [1.54, 1.807) is 11.1 Å². The van der Waals surface area contributed by atoms with Crippen LogP contribution < -0.4 is 5.32 Å². The van der Waals surface area contributed by atoms with Gasteiger partial charge < -0.3 is 29.8 Å². The molecule has 0 fully saturated rings. The Balaban J connectivity index is 1.11. The number of H-pyrrole nitrogens is 2. The average molecular weight is 755 g/mol. The summed E-state index contributed by atoms with van der Waals surface area (Å²) in [6.45, 7) is 5.82. The molecule has 0 radical (unpaired) electrons. The number of carbonyl (C=O) groups is 3. The molecule has 3 amide bonds. The number of benzene rings is 4. The van der Waals surface area contributed by atoms with Crippen molar-refractivity contribution in [1.82, 2.24) is 40.0 Å². The van der Waals surface area contributed by atoms with Gasteiger partial charge in [0.15, 0.2) is 0 Å². The molecule has 12 heteroatoms. The monoisotopic (exact) mass is 754 g/mol. The summed E-state index contributed by atoms with van der Waals surface area (Å²) in [6.07, 6.45) is 4.59. The summed E-state index contributed by atoms with van der Waals surface area (Å²) in [4.78, 5) is 59.5. The molecular formula is C44H50N8O4. The van der Waals surface area contributed by atoms with Crippen LogP contribution in [0.1, 0.15) is 49.9 Å². The number of amides is 3. The molecular weight excluding hydrogens is 705 g/mol. The van der Waals surface area contributed by atoms with E-state index in [4.69, 9.17) is 0 Å². The molecule has 290 valence electrons. The van der Waals surface area contributed by atoms with E-state index in [2.05, 4.69) is 97.6 Å². The molecule has 2 heterocycles. The second-order valence-corrected chi connectivity index (χ2v) is 14.0. The Hall–Kier alpha value is -6.27. The van der Waals surface area contributed by atoms with Gasteiger partial charge in [-0.3, -0.25) is 14.5 Å². The third-order valence-corrected chi connectivity index (χ3v) is 9.71. The maximum Gasteiger partial charge on any atom is 0.407 e. The molecule has 0 bridgehead atoms. The van der Waals surface area contributed by atoms with Gasteiger partial charge in [-0.05, 0) is 72.1 Å². The van der Waals surface area contributed by atoms with Gasteiger partial charge in [-0.1, -0.05) is 92.7 Å². The van der Waals surface area contributed by atoms with Crippen molar-refractivity contribution >= 4 is 28.7 Å². The number of aromatic amines is 2. The molecule has 1 atom stereocenters. The number of aromatic nitrogens is 4. The van der Waals surface area contributed by atoms with Crippen molar-refractivity contribution in [2.45, 2.75) is 45.8 Å². The Bertz CT molecular complexity index is 2250. The Labute approximate surface area is 327 Å². The molecule has 0 aliphatic carbocycles. The van der Waals surface area contributed by atoms with Gasteiger partial charge in [-0.2, -0.15) is 0 Å². The van der Waals surface area contributed by atoms with Gasteiger partial charge in [0.05, 0.1) is 44.0 Å². The van der Waals surface area contributed by atoms with Crippen molar-refractivity contribution in [3.05, 3.63) is 121 Å². The van der Waals surface area contributed by atoms with Gasteiger partial charge in [-0.15, -0.1) is 0 Å². The highest BCUT2D eigenvalue weighted by Gasteiger charge is 2.28. The highest BCUT2D eigenvalue weighted by molar-refractivity contribution is 5.90. The number of imidazole rings is 2. The van der Waals surface area contributed by atoms with E-state index in [0.29, 0.717) is 32.0 Å². The number of nitrogens with zero attached hydrogens (tertiary/aromatic N) is 5. The van der Waals surface area contributed by atoms with Crippen LogP contribution in [-0.2, 0) is 27.4 Å². The zero-order chi connectivity index (χ0) is 39.6. The van der Waals surface area contributed by atoms with Gasteiger partial charge >= 0.3 is 6.09 Å². The summed E-state index contributed by atoms with van der Waals surface area (Å²) in [5.74, 6) is 1.25. The lowest BCUT2D eigenvalue weighted by atomic mass is 9.98. The highest BCUT2D eigenvalue weighted by Crippen LogP contribution is 2.30. The quantitative estimate of drug-likeness (QED) is 0.0935. The fraction of sp³-hybridized carbons (Fsp3) is 0.295. The molecule has 6 rings (SSSR count). The summed E-state index contributed by atoms with van der Waals surface area (Å²) < 4.78 is 4.58. The van der Waals surface area contributed by atoms with Crippen LogP contribution in [0.3, 0.4) is 0 Å². The SMILES string of the molecule is CCCN(Cc1ncc(-c2ccc3cc(-c4ccc(-c5cnc(CN(CCC)C(=O)[C@@H](c6ccccc6)N(C)C)[nH]5)cc4)ccc3c2)[nH]1)C(=O)CNC(=O)OC. The van der Waals surface area contributed by atoms with Crippen molar-refractivity contribution in [1.29, 1.82) is 0 Å². The third kappa shape index (κ3) is 9.50. The van der Waals surface area contributed by atoms with Crippen LogP contribution in [0.15, 0.2) is 103 Å². The molecule has 0 unspecified atom stereocenters. The van der Waals surface area contributed by atoms with Crippen LogP contribution in [-0.4, -0.2) is 93.4 Å². The molecule has 4 aromatic carbocycles. The van der Waals surface area contributed by atoms with Gasteiger partial charge in [0.2, 0.25) is 11.8 Å². The Morgan fingerprint density at radius 2 is 1.23 bits per heavy atom. The number of likely N-dealkylation sites (N-methyl/N-ethyl adjacent to an activating group) is 1. The smallest absolute Gasteiger partial charge is 0.407 e. The summed E-state index contributed by atoms with van der Waals surface area (Å²) in [5.41, 5.74) is 6.94. The normalized spacial score (nSPS) is 11.8. The zero-order valence-corrected chi connectivity index (χ0v) is 32.7. The Morgan fingerprint density at radius 1 is 0.696 bits per heavy atom. The first-order valence-corrected chi connectivity index (χ1v) is 19.0. The second-order valence-electron chi connectivity index (χ2n) is 14.0. The predicted octanol–water partition coefficient (Wildman–Crippen LogP) is 7.42. The zero-order valence-electron chi connectivity index (χ0n) is 32.7. The number of hydrogen-bond donors (Lipinski definition) is 3. The largest absolute Gasteiger partial charge is 0.453 e. The molecule has 0 saturated carbocycles. The first-order valence-electron chi connectivity index (χ1n) is 19.0. The summed E-state index contributed by atoms with van der Waals surface area (Å²) in [6, 6.07) is 30.7. The number of alkyl carbamates (subject to hydrolysis) is 1. The van der Waals surface area contributed by atoms with Crippen LogP contribution >= 0.6 is 0 Å². The molecule has 12 nitrogen and oxygen atoms in total. The van der Waals surface area contributed by atoms with Gasteiger partial charge in [0, 0.05) is 18.7 Å². The third-order valence-electron chi connectivity index (χ3n) is 9.71. The Kier molecular flexibility index (Phi) is 12.9. The maximum absolute atomic E-state index is 13.8. The highest BCUT2D eigenvalue weighted by atomic mass is 16.5. The standard InChI is InChI=1S/C44H50N8O4/c1-6-21-51(41(53)27-47-44(55)56-5)28-39-46-26-38(49-39)36-20-19-34-23-33(17-18-35(34)24-36)30-13-15-31(16-14-30)37-25-45-40(48-37)29-52(22-7-2)43(54)42(50(3)4)32-11-9-8-10-12-32/h8-20,23-26,42H,6-7,21-22,27-29H2,1-5H3,(H,45,48)(H,46,49)(H,47,55)/t42-/m1/s1. The van der Waals surface area contributed by atoms with E-state index < -0.39 is 6.09 Å². The fourth-order valence-electron chi connectivity index (χ4n) is 6.88. The predicted molar refractivity (Wildman–Crippen MR) is 219 cm³/mol. The minimum atomic E-state index is -0.643. The number of methoxy groups -OCH3 is 1. The van der Waals surface area contributed by atoms with Crippen LogP contribution in [0, 0.1) is 0 Å². The number of fused-ring (bicyclic) bond motifs is 1. The van der Waals surface area contributed by atoms with Crippen LogP contribution in [0.2, 0.25) is 0 Å². The molecule has 0 aliphatic heterocycles. The minimum absolute atomic E-state index is 0.0555. The first kappa shape index (κ1) is 39.4. The lowest BCUT2D eigenvalue weighted by Crippen LogP contribution is -2.40. The molecule has 0 aliphatic rings. The van der Waals surface area contributed by atoms with Crippen molar-refractivity contribution in [3.63, 3.8) is 0 Å². The van der Waals surface area contributed by atoms with E-state index in [1.807, 2.05) is 67.3 Å². The van der Waals surface area contributed by atoms with E-state index in [1.165, 1.54) is 7.11 Å². The summed E-state index contributed by atoms with van der Waals surface area (Å²) >= 11 is 0. The lowest BCUT2D eigenvalue weighted by Gasteiger charge is -2.30. The number of ether oxygens (including phenoxy) is 1. The number of nitrogens with one attached hydrogen (secondary N) is 3.